The molecule has 1 aromatic heterocycles. The van der Waals surface area contributed by atoms with Crippen LogP contribution in [0.5, 0.6) is 0 Å². The van der Waals surface area contributed by atoms with Crippen molar-refractivity contribution in [1.82, 2.24) is 0 Å². The fraction of sp³-hybridized carbons (Fsp3) is 0.793. The summed E-state index contributed by atoms with van der Waals surface area (Å²) in [5.74, 6) is 2.99. The number of fused-ring (bicyclic) bond motifs is 5. The Morgan fingerprint density at radius 3 is 2.50 bits per heavy atom. The van der Waals surface area contributed by atoms with E-state index in [0.29, 0.717) is 22.9 Å². The quantitative estimate of drug-likeness (QED) is 0.336. The van der Waals surface area contributed by atoms with E-state index in [-0.39, 0.29) is 5.04 Å². The molecule has 32 heavy (non-hydrogen) atoms. The highest BCUT2D eigenvalue weighted by Gasteiger charge is 2.58. The van der Waals surface area contributed by atoms with Gasteiger partial charge in [0.05, 0.1) is 12.5 Å². The molecule has 5 rings (SSSR count). The number of rotatable bonds is 3. The SMILES string of the molecule is CC(C)(C)[Si](C)(C)O[C@H]1CC[C@@]2(C)C(=C[C@@H](c3ccoc3)[C@H]3[C@@H]4CCC[C@@]4(C)CC[C@@H]32)C1. The Bertz CT molecular complexity index is 862. The summed E-state index contributed by atoms with van der Waals surface area (Å²) < 4.78 is 12.6. The number of furan rings is 1. The number of hydrogen-bond acceptors (Lipinski definition) is 2. The van der Waals surface area contributed by atoms with E-state index in [0.717, 1.165) is 24.2 Å². The van der Waals surface area contributed by atoms with E-state index in [1.54, 1.807) is 5.57 Å². The van der Waals surface area contributed by atoms with Gasteiger partial charge in [-0.1, -0.05) is 52.7 Å². The van der Waals surface area contributed by atoms with Crippen molar-refractivity contribution in [3.63, 3.8) is 0 Å². The lowest BCUT2D eigenvalue weighted by Crippen LogP contribution is -2.52. The van der Waals surface area contributed by atoms with Gasteiger partial charge in [-0.05, 0) is 103 Å². The van der Waals surface area contributed by atoms with Crippen LogP contribution in [0.3, 0.4) is 0 Å². The molecule has 0 saturated heterocycles. The van der Waals surface area contributed by atoms with Crippen LogP contribution < -0.4 is 0 Å². The lowest BCUT2D eigenvalue weighted by atomic mass is 9.45. The standard InChI is InChI=1S/C29H46O2Si/c1-27(2,3)32(6,7)31-22-10-15-29(5)21(17-22)18-23(20-12-16-30-19-20)26-24-9-8-13-28(24,4)14-11-25(26)29/h12,16,18-19,22-26H,8-11,13-15,17H2,1-7H3/t22-,23-,24-,25-,26-,28-,29-/m0/s1. The normalized spacial score (nSPS) is 42.1. The highest BCUT2D eigenvalue weighted by Crippen LogP contribution is 2.67. The Kier molecular flexibility index (Phi) is 5.45. The highest BCUT2D eigenvalue weighted by molar-refractivity contribution is 6.74. The van der Waals surface area contributed by atoms with Crippen molar-refractivity contribution >= 4 is 8.32 Å². The molecule has 0 unspecified atom stereocenters. The van der Waals surface area contributed by atoms with Gasteiger partial charge in [0.1, 0.15) is 0 Å². The molecule has 0 radical (unpaired) electrons. The van der Waals surface area contributed by atoms with Crippen LogP contribution in [-0.4, -0.2) is 14.4 Å². The van der Waals surface area contributed by atoms with Gasteiger partial charge in [0.25, 0.3) is 0 Å². The number of hydrogen-bond donors (Lipinski definition) is 0. The van der Waals surface area contributed by atoms with E-state index in [1.807, 2.05) is 12.5 Å². The summed E-state index contributed by atoms with van der Waals surface area (Å²) in [6, 6.07) is 2.24. The van der Waals surface area contributed by atoms with Gasteiger partial charge in [-0.3, -0.25) is 0 Å². The molecule has 3 saturated carbocycles. The number of allylic oxidation sites excluding steroid dienone is 1. The molecule has 0 spiro atoms. The molecule has 4 aliphatic carbocycles. The summed E-state index contributed by atoms with van der Waals surface area (Å²) in [6.45, 7) is 17.2. The van der Waals surface area contributed by atoms with Crippen LogP contribution in [0.1, 0.15) is 97.5 Å². The third kappa shape index (κ3) is 3.52. The molecule has 3 heteroatoms. The van der Waals surface area contributed by atoms with E-state index >= 15 is 0 Å². The van der Waals surface area contributed by atoms with Crippen LogP contribution in [0.2, 0.25) is 18.1 Å². The van der Waals surface area contributed by atoms with Crippen LogP contribution in [0.25, 0.3) is 0 Å². The largest absolute Gasteiger partial charge is 0.472 e. The van der Waals surface area contributed by atoms with Crippen LogP contribution in [0.15, 0.2) is 34.7 Å². The average molecular weight is 455 g/mol. The minimum Gasteiger partial charge on any atom is -0.472 e. The lowest BCUT2D eigenvalue weighted by Gasteiger charge is -2.60. The van der Waals surface area contributed by atoms with Gasteiger partial charge in [-0.15, -0.1) is 0 Å². The third-order valence-electron chi connectivity index (χ3n) is 11.1. The molecule has 4 aliphatic rings. The Labute approximate surface area is 197 Å². The van der Waals surface area contributed by atoms with Crippen LogP contribution in [-0.2, 0) is 4.43 Å². The fourth-order valence-electron chi connectivity index (χ4n) is 8.12. The zero-order valence-corrected chi connectivity index (χ0v) is 22.7. The first-order valence-corrected chi connectivity index (χ1v) is 16.3. The summed E-state index contributed by atoms with van der Waals surface area (Å²) in [5, 5.41) is 0.273. The maximum absolute atomic E-state index is 6.96. The topological polar surface area (TPSA) is 22.4 Å². The Hall–Kier alpha value is -0.803. The molecular weight excluding hydrogens is 408 g/mol. The van der Waals surface area contributed by atoms with E-state index in [2.05, 4.69) is 59.9 Å². The minimum atomic E-state index is -1.75. The van der Waals surface area contributed by atoms with Gasteiger partial charge >= 0.3 is 0 Å². The summed E-state index contributed by atoms with van der Waals surface area (Å²) >= 11 is 0. The predicted molar refractivity (Wildman–Crippen MR) is 135 cm³/mol. The predicted octanol–water partition coefficient (Wildman–Crippen LogP) is 8.72. The monoisotopic (exact) mass is 454 g/mol. The zero-order valence-electron chi connectivity index (χ0n) is 21.7. The second kappa shape index (κ2) is 7.60. The zero-order chi connectivity index (χ0) is 22.9. The molecule has 1 heterocycles. The molecule has 2 nitrogen and oxygen atoms in total. The van der Waals surface area contributed by atoms with Gasteiger partial charge in [-0.2, -0.15) is 0 Å². The molecular formula is C29H46O2Si. The van der Waals surface area contributed by atoms with Gasteiger partial charge in [0.15, 0.2) is 8.32 Å². The van der Waals surface area contributed by atoms with Crippen molar-refractivity contribution in [3.8, 4) is 0 Å². The summed E-state index contributed by atoms with van der Waals surface area (Å²) in [6.07, 6.45) is 17.9. The molecule has 178 valence electrons. The maximum atomic E-state index is 6.96. The van der Waals surface area contributed by atoms with E-state index < -0.39 is 8.32 Å². The van der Waals surface area contributed by atoms with Crippen LogP contribution >= 0.6 is 0 Å². The second-order valence-electron chi connectivity index (χ2n) is 13.8. The molecule has 0 aromatic carbocycles. The lowest BCUT2D eigenvalue weighted by molar-refractivity contribution is -0.0432. The van der Waals surface area contributed by atoms with Gasteiger partial charge in [-0.25, -0.2) is 0 Å². The van der Waals surface area contributed by atoms with Crippen molar-refractivity contribution in [2.24, 2.45) is 28.6 Å². The Balaban J connectivity index is 1.50. The molecule has 0 bridgehead atoms. The van der Waals surface area contributed by atoms with Gasteiger partial charge in [0.2, 0.25) is 0 Å². The molecule has 0 amide bonds. The van der Waals surface area contributed by atoms with Crippen molar-refractivity contribution in [2.75, 3.05) is 0 Å². The highest BCUT2D eigenvalue weighted by atomic mass is 28.4. The second-order valence-corrected chi connectivity index (χ2v) is 18.6. The van der Waals surface area contributed by atoms with Crippen LogP contribution in [0, 0.1) is 28.6 Å². The Morgan fingerprint density at radius 2 is 1.81 bits per heavy atom. The summed E-state index contributed by atoms with van der Waals surface area (Å²) in [4.78, 5) is 0. The first kappa shape index (κ1) is 23.0. The van der Waals surface area contributed by atoms with Crippen LogP contribution in [0.4, 0.5) is 0 Å². The van der Waals surface area contributed by atoms with E-state index in [9.17, 15) is 0 Å². The molecule has 0 N–H and O–H groups in total. The third-order valence-corrected chi connectivity index (χ3v) is 15.6. The summed E-state index contributed by atoms with van der Waals surface area (Å²) in [7, 11) is -1.75. The first-order valence-electron chi connectivity index (χ1n) is 13.4. The van der Waals surface area contributed by atoms with Gasteiger partial charge < -0.3 is 8.84 Å². The van der Waals surface area contributed by atoms with Crippen molar-refractivity contribution in [2.45, 2.75) is 116 Å². The molecule has 3 fully saturated rings. The average Bonchev–Trinajstić information content (AvgIpc) is 3.36. The smallest absolute Gasteiger partial charge is 0.192 e. The molecule has 0 aliphatic heterocycles. The maximum Gasteiger partial charge on any atom is 0.192 e. The molecule has 1 aromatic rings. The van der Waals surface area contributed by atoms with Gasteiger partial charge in [0, 0.05) is 12.0 Å². The first-order chi connectivity index (χ1) is 14.9. The Morgan fingerprint density at radius 1 is 1.03 bits per heavy atom. The van der Waals surface area contributed by atoms with Crippen molar-refractivity contribution < 1.29 is 8.84 Å². The van der Waals surface area contributed by atoms with Crippen molar-refractivity contribution in [3.05, 3.63) is 35.8 Å². The van der Waals surface area contributed by atoms with Crippen molar-refractivity contribution in [1.29, 1.82) is 0 Å². The summed E-state index contributed by atoms with van der Waals surface area (Å²) in [5.41, 5.74) is 4.05. The minimum absolute atomic E-state index is 0.273. The fourth-order valence-corrected chi connectivity index (χ4v) is 9.51. The molecule has 7 atom stereocenters. The van der Waals surface area contributed by atoms with E-state index in [1.165, 1.54) is 50.5 Å². The van der Waals surface area contributed by atoms with E-state index in [4.69, 9.17) is 8.84 Å².